The number of nitrogens with zero attached hydrogens (tertiary/aromatic N) is 1. The summed E-state index contributed by atoms with van der Waals surface area (Å²) in [7, 11) is 0. The van der Waals surface area contributed by atoms with Crippen LogP contribution in [0.5, 0.6) is 0 Å². The highest BCUT2D eigenvalue weighted by Crippen LogP contribution is 1.99. The smallest absolute Gasteiger partial charge is 0.326 e. The molecule has 1 amide bonds. The second kappa shape index (κ2) is 5.78. The summed E-state index contributed by atoms with van der Waals surface area (Å²) in [5, 5.41) is 16.8. The summed E-state index contributed by atoms with van der Waals surface area (Å²) in [5.74, 6) is -1.72. The maximum atomic E-state index is 11.6. The zero-order valence-electron chi connectivity index (χ0n) is 9.27. The van der Waals surface area contributed by atoms with Crippen LogP contribution in [0.15, 0.2) is 16.9 Å². The molecule has 17 heavy (non-hydrogen) atoms. The van der Waals surface area contributed by atoms with Gasteiger partial charge in [0, 0.05) is 6.07 Å². The highest BCUT2D eigenvalue weighted by atomic mass is 16.4. The Balaban J connectivity index is 2.73. The number of aliphatic carboxylic acids is 1. The van der Waals surface area contributed by atoms with Crippen LogP contribution in [0.25, 0.3) is 0 Å². The molecule has 0 radical (unpaired) electrons. The number of nitrogens with one attached hydrogen (secondary N) is 2. The van der Waals surface area contributed by atoms with E-state index in [0.717, 1.165) is 6.07 Å². The van der Waals surface area contributed by atoms with E-state index in [4.69, 9.17) is 5.11 Å². The average molecular weight is 239 g/mol. The maximum Gasteiger partial charge on any atom is 0.326 e. The molecule has 0 aromatic carbocycles. The first kappa shape index (κ1) is 12.9. The summed E-state index contributed by atoms with van der Waals surface area (Å²) in [4.78, 5) is 33.1. The fraction of sp³-hybridized carbons (Fsp3) is 0.400. The van der Waals surface area contributed by atoms with Gasteiger partial charge in [-0.15, -0.1) is 0 Å². The van der Waals surface area contributed by atoms with Crippen LogP contribution in [0, 0.1) is 0 Å². The lowest BCUT2D eigenvalue weighted by molar-refractivity contribution is -0.139. The third kappa shape index (κ3) is 3.71. The van der Waals surface area contributed by atoms with E-state index in [1.807, 2.05) is 6.92 Å². The van der Waals surface area contributed by atoms with Gasteiger partial charge in [0.2, 0.25) is 0 Å². The zero-order chi connectivity index (χ0) is 12.8. The normalized spacial score (nSPS) is 11.8. The Morgan fingerprint density at radius 1 is 1.53 bits per heavy atom. The lowest BCUT2D eigenvalue weighted by Crippen LogP contribution is -2.41. The van der Waals surface area contributed by atoms with Gasteiger partial charge in [0.05, 0.1) is 0 Å². The number of aromatic amines is 1. The van der Waals surface area contributed by atoms with Crippen LogP contribution < -0.4 is 10.9 Å². The number of amides is 1. The monoisotopic (exact) mass is 239 g/mol. The fourth-order valence-electron chi connectivity index (χ4n) is 1.25. The van der Waals surface area contributed by atoms with Crippen LogP contribution in [0.4, 0.5) is 0 Å². The molecule has 92 valence electrons. The highest BCUT2D eigenvalue weighted by molar-refractivity contribution is 5.94. The number of rotatable bonds is 5. The molecule has 7 nitrogen and oxygen atoms in total. The first-order valence-electron chi connectivity index (χ1n) is 5.14. The van der Waals surface area contributed by atoms with Gasteiger partial charge in [-0.3, -0.25) is 9.59 Å². The van der Waals surface area contributed by atoms with Crippen molar-refractivity contribution in [2.45, 2.75) is 25.8 Å². The van der Waals surface area contributed by atoms with E-state index in [2.05, 4.69) is 15.5 Å². The summed E-state index contributed by atoms with van der Waals surface area (Å²) in [6.45, 7) is 1.82. The zero-order valence-corrected chi connectivity index (χ0v) is 9.27. The fourth-order valence-corrected chi connectivity index (χ4v) is 1.25. The van der Waals surface area contributed by atoms with Crippen molar-refractivity contribution in [1.29, 1.82) is 0 Å². The Hall–Kier alpha value is -2.18. The minimum absolute atomic E-state index is 0.0213. The summed E-state index contributed by atoms with van der Waals surface area (Å²) in [5.41, 5.74) is -0.447. The van der Waals surface area contributed by atoms with Crippen molar-refractivity contribution in [2.75, 3.05) is 0 Å². The number of hydrogen-bond acceptors (Lipinski definition) is 4. The molecule has 0 saturated carbocycles. The van der Waals surface area contributed by atoms with Crippen LogP contribution in [0.2, 0.25) is 0 Å². The molecule has 0 spiro atoms. The van der Waals surface area contributed by atoms with Crippen molar-refractivity contribution in [1.82, 2.24) is 15.5 Å². The van der Waals surface area contributed by atoms with Crippen molar-refractivity contribution in [3.63, 3.8) is 0 Å². The van der Waals surface area contributed by atoms with Crippen LogP contribution in [-0.2, 0) is 4.79 Å². The molecule has 0 aliphatic heterocycles. The van der Waals surface area contributed by atoms with E-state index in [9.17, 15) is 14.4 Å². The molecule has 0 aliphatic carbocycles. The van der Waals surface area contributed by atoms with Gasteiger partial charge >= 0.3 is 5.97 Å². The molecule has 7 heteroatoms. The number of carbonyl (C=O) groups is 2. The molecule has 0 fully saturated rings. The Morgan fingerprint density at radius 3 is 2.71 bits per heavy atom. The van der Waals surface area contributed by atoms with Crippen molar-refractivity contribution >= 4 is 11.9 Å². The number of aromatic nitrogens is 2. The Kier molecular flexibility index (Phi) is 4.38. The molecule has 1 heterocycles. The largest absolute Gasteiger partial charge is 0.480 e. The van der Waals surface area contributed by atoms with Crippen molar-refractivity contribution < 1.29 is 14.7 Å². The van der Waals surface area contributed by atoms with Crippen LogP contribution >= 0.6 is 0 Å². The van der Waals surface area contributed by atoms with Crippen LogP contribution in [-0.4, -0.2) is 33.2 Å². The van der Waals surface area contributed by atoms with Gasteiger partial charge in [-0.2, -0.15) is 5.10 Å². The summed E-state index contributed by atoms with van der Waals surface area (Å²) < 4.78 is 0. The summed E-state index contributed by atoms with van der Waals surface area (Å²) >= 11 is 0. The second-order valence-electron chi connectivity index (χ2n) is 3.46. The second-order valence-corrected chi connectivity index (χ2v) is 3.46. The molecule has 1 aromatic heterocycles. The lowest BCUT2D eigenvalue weighted by atomic mass is 10.1. The van der Waals surface area contributed by atoms with Crippen LogP contribution in [0.1, 0.15) is 30.3 Å². The maximum absolute atomic E-state index is 11.6. The van der Waals surface area contributed by atoms with Gasteiger partial charge in [0.15, 0.2) is 0 Å². The predicted molar refractivity (Wildman–Crippen MR) is 58.7 cm³/mol. The molecule has 1 rings (SSSR count). The third-order valence-corrected chi connectivity index (χ3v) is 2.09. The van der Waals surface area contributed by atoms with E-state index in [1.54, 1.807) is 0 Å². The van der Waals surface area contributed by atoms with Gasteiger partial charge in [-0.05, 0) is 12.5 Å². The first-order valence-corrected chi connectivity index (χ1v) is 5.14. The molecule has 0 bridgehead atoms. The molecule has 1 aromatic rings. The summed E-state index contributed by atoms with van der Waals surface area (Å²) in [6, 6.07) is 1.44. The van der Waals surface area contributed by atoms with Gasteiger partial charge < -0.3 is 10.4 Å². The first-order chi connectivity index (χ1) is 8.04. The topological polar surface area (TPSA) is 112 Å². The van der Waals surface area contributed by atoms with Crippen molar-refractivity contribution in [3.8, 4) is 0 Å². The van der Waals surface area contributed by atoms with Crippen molar-refractivity contribution in [3.05, 3.63) is 28.2 Å². The highest BCUT2D eigenvalue weighted by Gasteiger charge is 2.20. The minimum Gasteiger partial charge on any atom is -0.480 e. The molecule has 3 N–H and O–H groups in total. The third-order valence-electron chi connectivity index (χ3n) is 2.09. The van der Waals surface area contributed by atoms with Crippen LogP contribution in [0.3, 0.4) is 0 Å². The SMILES string of the molecule is CCC[C@@H](NC(=O)c1ccc(=O)[nH]n1)C(=O)O. The molecule has 1 atom stereocenters. The quantitative estimate of drug-likeness (QED) is 0.656. The Bertz CT molecular complexity index is 448. The lowest BCUT2D eigenvalue weighted by Gasteiger charge is -2.12. The average Bonchev–Trinajstić information content (AvgIpc) is 2.29. The van der Waals surface area contributed by atoms with Gasteiger partial charge in [0.1, 0.15) is 11.7 Å². The molecule has 0 unspecified atom stereocenters. The number of carbonyl (C=O) groups excluding carboxylic acids is 1. The molecular weight excluding hydrogens is 226 g/mol. The van der Waals surface area contributed by atoms with Gasteiger partial charge in [0.25, 0.3) is 11.5 Å². The van der Waals surface area contributed by atoms with E-state index >= 15 is 0 Å². The molecule has 0 aliphatic rings. The van der Waals surface area contributed by atoms with E-state index in [1.165, 1.54) is 6.07 Å². The minimum atomic E-state index is -1.09. The predicted octanol–water partition coefficient (Wildman–Crippen LogP) is -0.247. The van der Waals surface area contributed by atoms with E-state index < -0.39 is 23.5 Å². The Labute approximate surface area is 96.9 Å². The van der Waals surface area contributed by atoms with Gasteiger partial charge in [-0.1, -0.05) is 13.3 Å². The Morgan fingerprint density at radius 2 is 2.24 bits per heavy atom. The summed E-state index contributed by atoms with van der Waals surface area (Å²) in [6.07, 6.45) is 0.973. The van der Waals surface area contributed by atoms with E-state index in [-0.39, 0.29) is 5.69 Å². The number of hydrogen-bond donors (Lipinski definition) is 3. The number of carboxylic acid groups (broad SMARTS) is 1. The molecular formula is C10H13N3O4. The van der Waals surface area contributed by atoms with E-state index in [0.29, 0.717) is 12.8 Å². The van der Waals surface area contributed by atoms with Gasteiger partial charge in [-0.25, -0.2) is 9.89 Å². The number of carboxylic acids is 1. The number of H-pyrrole nitrogens is 1. The standard InChI is InChI=1S/C10H13N3O4/c1-2-3-7(10(16)17)11-9(15)6-4-5-8(14)13-12-6/h4-5,7H,2-3H2,1H3,(H,11,15)(H,13,14)(H,16,17)/t7-/m1/s1. The molecule has 0 saturated heterocycles. The van der Waals surface area contributed by atoms with Crippen molar-refractivity contribution in [2.24, 2.45) is 0 Å².